The van der Waals surface area contributed by atoms with Crippen molar-refractivity contribution in [3.8, 4) is 11.1 Å². The van der Waals surface area contributed by atoms with E-state index < -0.39 is 18.2 Å². The molecule has 0 radical (unpaired) electrons. The van der Waals surface area contributed by atoms with E-state index in [9.17, 15) is 33.6 Å². The number of hydroxylamine groups is 1. The molecule has 88 heavy (non-hydrogen) atoms. The number of nitrogens with one attached hydrogen (secondary N) is 6. The molecule has 9 atom stereocenters. The number of primary amides is 2. The van der Waals surface area contributed by atoms with E-state index in [1.807, 2.05) is 45.0 Å². The summed E-state index contributed by atoms with van der Waals surface area (Å²) in [6, 6.07) is 22.3. The first-order chi connectivity index (χ1) is 42.3. The van der Waals surface area contributed by atoms with Gasteiger partial charge in [-0.05, 0) is 119 Å². The van der Waals surface area contributed by atoms with Crippen LogP contribution < -0.4 is 43.5 Å². The van der Waals surface area contributed by atoms with Crippen molar-refractivity contribution in [2.75, 3.05) is 39.2 Å². The maximum atomic E-state index is 12.2. The number of benzene rings is 3. The number of fused-ring (bicyclic) bond motifs is 3. The summed E-state index contributed by atoms with van der Waals surface area (Å²) >= 11 is 0. The number of hydrogen-bond donors (Lipinski definition) is 8. The van der Waals surface area contributed by atoms with E-state index in [2.05, 4.69) is 122 Å². The van der Waals surface area contributed by atoms with Gasteiger partial charge in [-0.3, -0.25) is 28.8 Å². The molecule has 0 saturated carbocycles. The summed E-state index contributed by atoms with van der Waals surface area (Å²) < 4.78 is 28.3. The number of carbonyl (C=O) groups is 8. The lowest BCUT2D eigenvalue weighted by molar-refractivity contribution is -0.136. The molecule has 22 nitrogen and oxygen atoms in total. The van der Waals surface area contributed by atoms with Crippen LogP contribution in [0.25, 0.3) is 11.1 Å². The van der Waals surface area contributed by atoms with Crippen molar-refractivity contribution >= 4 is 55.2 Å². The summed E-state index contributed by atoms with van der Waals surface area (Å²) in [6.07, 6.45) is 17.0. The molecule has 7 amide bonds. The van der Waals surface area contributed by atoms with Gasteiger partial charge in [0, 0.05) is 44.2 Å². The number of amides is 7. The van der Waals surface area contributed by atoms with Crippen molar-refractivity contribution < 1.29 is 66.9 Å². The molecule has 488 valence electrons. The van der Waals surface area contributed by atoms with Gasteiger partial charge < -0.3 is 66.5 Å². The molecule has 6 rings (SSSR count). The lowest BCUT2D eigenvalue weighted by atomic mass is 9.87. The molecule has 10 N–H and O–H groups in total. The predicted molar refractivity (Wildman–Crippen MR) is 342 cm³/mol. The second-order valence-electron chi connectivity index (χ2n) is 21.0. The Hall–Kier alpha value is -7.76. The zero-order valence-corrected chi connectivity index (χ0v) is 53.7. The zero-order valence-electron chi connectivity index (χ0n) is 53.7. The third-order valence-electron chi connectivity index (χ3n) is 14.1. The molecule has 3 aromatic carbocycles. The minimum atomic E-state index is -0.576. The number of alkyl carbamates (subject to hydrolysis) is 1. The molecular weight excluding hydrogens is 1130 g/mol. The quantitative estimate of drug-likeness (QED) is 0.0122. The molecule has 0 spiro atoms. The average Bonchev–Trinajstić information content (AvgIpc) is 2.43. The number of ether oxygens (including phenoxy) is 5. The summed E-state index contributed by atoms with van der Waals surface area (Å²) in [7, 11) is 3.49. The fourth-order valence-electron chi connectivity index (χ4n) is 9.55. The number of likely N-dealkylation sites (N-methyl/N-ethyl adjacent to an activating group) is 1. The van der Waals surface area contributed by atoms with Crippen molar-refractivity contribution in [1.82, 2.24) is 26.7 Å². The van der Waals surface area contributed by atoms with Gasteiger partial charge in [-0.15, -0.1) is 0 Å². The van der Waals surface area contributed by atoms with Crippen LogP contribution in [0.1, 0.15) is 143 Å². The number of nitrogens with two attached hydrogens (primary N) is 2. The Morgan fingerprint density at radius 3 is 2.06 bits per heavy atom. The van der Waals surface area contributed by atoms with Crippen LogP contribution in [0.4, 0.5) is 15.3 Å². The number of aldehydes is 1. The second kappa shape index (κ2) is 45.5. The normalized spacial score (nSPS) is 20.5. The summed E-state index contributed by atoms with van der Waals surface area (Å²) in [4.78, 5) is 90.6. The monoisotopic (exact) mass is 1230 g/mol. The van der Waals surface area contributed by atoms with Gasteiger partial charge in [-0.2, -0.15) is 0 Å². The number of urea groups is 1. The van der Waals surface area contributed by atoms with Gasteiger partial charge in [0.1, 0.15) is 19.0 Å². The fraction of sp³-hybridized carbons (Fsp3) is 0.515. The molecule has 0 bridgehead atoms. The molecule has 3 aliphatic rings. The van der Waals surface area contributed by atoms with Gasteiger partial charge >= 0.3 is 12.1 Å². The lowest BCUT2D eigenvalue weighted by Gasteiger charge is -2.40. The highest BCUT2D eigenvalue weighted by Gasteiger charge is 2.37. The molecule has 2 heterocycles. The highest BCUT2D eigenvalue weighted by atomic mass is 16.6. The lowest BCUT2D eigenvalue weighted by Crippen LogP contribution is -2.50. The standard InChI is InChI=1S/C28H45NO6.C17H15NO3.C15H23N5O4.C3H8.C2H6.CH3NO/c1-8-23-16-28(6,32-7)17-24(35-23)12-9-19(2)10-13-26-20(3)15-25(22(5)34-26)29-27(31)14-11-21(4)33-18-30;19-10-9-18-17(20)21-11-16-14-7-3-1-5-12(14)13-6-2-4-8-15(13)16;1-17-13(3-2-8-18-15(16)23)14(22)20-12-6-4-11(5-7-12)9-24-19-10-21;1-3-2;1-2;2-1-3/h9-12,14,18,20-26H,8,13,15-17H2,1-7H3,(H,29,31);1-8,10,16H,9,11H2,(H,18,20);4-7,10,13,17H,2-3,8-9H2,1H3,(H,19,21)(H,20,22)(H3,16,18,23);3H2,1-2H3;1-2H3;1H,(H2,2,3)/b12-9+,14-11-,19-10+;;;;;/t20?,21?,22?,23-,24?,25?,26?,28?;;;;;/m1...../s1. The van der Waals surface area contributed by atoms with Crippen LogP contribution in [-0.2, 0) is 63.9 Å². The SMILES string of the molecule is CC.CCC.CC[C@@H]1CC(C)(OC)CC(/C=C/C(C)=C/CC2OC(C)C(NC(=O)/C=C\C(C)OC=O)CC2C)O1.CNC(CCCNC(N)=O)C(=O)Nc1ccc(CONC=O)cc1.NC=O.O=CCNC(=O)OCC1c2ccccc2-c2ccccc21. The Labute approximate surface area is 521 Å². The van der Waals surface area contributed by atoms with Crippen LogP contribution in [-0.4, -0.2) is 132 Å². The Kier molecular flexibility index (Phi) is 40.5. The topological polar surface area (TPSA) is 316 Å². The van der Waals surface area contributed by atoms with E-state index in [1.54, 1.807) is 51.4 Å². The Morgan fingerprint density at radius 2 is 1.50 bits per heavy atom. The van der Waals surface area contributed by atoms with Crippen molar-refractivity contribution in [2.45, 2.75) is 181 Å². The minimum Gasteiger partial charge on any atom is -0.461 e. The van der Waals surface area contributed by atoms with Gasteiger partial charge in [-0.25, -0.2) is 15.1 Å². The van der Waals surface area contributed by atoms with Crippen molar-refractivity contribution in [3.05, 3.63) is 125 Å². The predicted octanol–water partition coefficient (Wildman–Crippen LogP) is 8.76. The highest BCUT2D eigenvalue weighted by Crippen LogP contribution is 2.44. The van der Waals surface area contributed by atoms with Gasteiger partial charge in [-0.1, -0.05) is 132 Å². The molecule has 2 fully saturated rings. The third kappa shape index (κ3) is 30.2. The highest BCUT2D eigenvalue weighted by molar-refractivity contribution is 5.94. The first kappa shape index (κ1) is 78.3. The fourth-order valence-corrected chi connectivity index (χ4v) is 9.55. The summed E-state index contributed by atoms with van der Waals surface area (Å²) in [5.74, 6) is -0.0269. The summed E-state index contributed by atoms with van der Waals surface area (Å²) in [5, 5.41) is 13.6. The first-order valence-corrected chi connectivity index (χ1v) is 30.2. The molecule has 3 aromatic rings. The van der Waals surface area contributed by atoms with Crippen LogP contribution in [0, 0.1) is 5.92 Å². The van der Waals surface area contributed by atoms with Gasteiger partial charge in [0.15, 0.2) is 0 Å². The average molecular weight is 1230 g/mol. The molecule has 8 unspecified atom stereocenters. The van der Waals surface area contributed by atoms with Gasteiger partial charge in [0.05, 0.1) is 55.3 Å². The van der Waals surface area contributed by atoms with Crippen LogP contribution in [0.2, 0.25) is 0 Å². The van der Waals surface area contributed by atoms with E-state index in [0.29, 0.717) is 50.2 Å². The molecule has 0 aromatic heterocycles. The number of hydrogen-bond acceptors (Lipinski definition) is 15. The smallest absolute Gasteiger partial charge is 0.407 e. The maximum Gasteiger partial charge on any atom is 0.407 e. The number of methoxy groups -OCH3 is 1. The summed E-state index contributed by atoms with van der Waals surface area (Å²) in [5.41, 5.74) is 18.5. The van der Waals surface area contributed by atoms with Crippen LogP contribution in [0.3, 0.4) is 0 Å². The van der Waals surface area contributed by atoms with Crippen molar-refractivity contribution in [2.24, 2.45) is 17.4 Å². The Morgan fingerprint density at radius 1 is 0.875 bits per heavy atom. The number of rotatable bonds is 26. The van der Waals surface area contributed by atoms with E-state index >= 15 is 0 Å². The molecular formula is C66H100N8O14. The van der Waals surface area contributed by atoms with Crippen LogP contribution >= 0.6 is 0 Å². The van der Waals surface area contributed by atoms with Crippen LogP contribution in [0.5, 0.6) is 0 Å². The third-order valence-corrected chi connectivity index (χ3v) is 14.1. The largest absolute Gasteiger partial charge is 0.461 e. The minimum absolute atomic E-state index is 0.0311. The maximum absolute atomic E-state index is 12.2. The number of allylic oxidation sites excluding steroid dienone is 2. The summed E-state index contributed by atoms with van der Waals surface area (Å²) in [6.45, 7) is 21.8. The Bertz CT molecular complexity index is 2570. The second-order valence-corrected chi connectivity index (χ2v) is 21.0. The van der Waals surface area contributed by atoms with Gasteiger partial charge in [0.25, 0.3) is 6.47 Å². The van der Waals surface area contributed by atoms with E-state index in [0.717, 1.165) is 37.7 Å². The number of carbonyl (C=O) groups excluding carboxylic acids is 8. The van der Waals surface area contributed by atoms with E-state index in [4.69, 9.17) is 39.1 Å². The molecule has 2 saturated heterocycles. The Balaban J connectivity index is 0.000000641. The van der Waals surface area contributed by atoms with Gasteiger partial charge in [0.2, 0.25) is 24.6 Å². The van der Waals surface area contributed by atoms with Crippen LogP contribution in [0.15, 0.2) is 109 Å². The molecule has 22 heteroatoms. The molecule has 1 aliphatic carbocycles. The van der Waals surface area contributed by atoms with Crippen molar-refractivity contribution in [3.63, 3.8) is 0 Å². The van der Waals surface area contributed by atoms with E-state index in [1.165, 1.54) is 40.3 Å². The number of anilines is 1. The first-order valence-electron chi connectivity index (χ1n) is 30.2. The molecule has 2 aliphatic heterocycles. The zero-order chi connectivity index (χ0) is 65.9. The van der Waals surface area contributed by atoms with E-state index in [-0.39, 0.29) is 86.0 Å². The van der Waals surface area contributed by atoms with Crippen molar-refractivity contribution in [1.29, 1.82) is 0 Å².